The monoisotopic (exact) mass is 469 g/mol. The van der Waals surface area contributed by atoms with Crippen molar-refractivity contribution in [3.63, 3.8) is 0 Å². The Hall–Kier alpha value is -2.11. The van der Waals surface area contributed by atoms with Crippen molar-refractivity contribution >= 4 is 67.2 Å². The van der Waals surface area contributed by atoms with Gasteiger partial charge in [0, 0.05) is 38.9 Å². The maximum absolute atomic E-state index is 11.7. The van der Waals surface area contributed by atoms with Gasteiger partial charge in [-0.15, -0.1) is 0 Å². The van der Waals surface area contributed by atoms with Crippen LogP contribution < -0.4 is 16.0 Å². The van der Waals surface area contributed by atoms with E-state index in [2.05, 4.69) is 16.0 Å². The maximum Gasteiger partial charge on any atom is 0.373 e. The van der Waals surface area contributed by atoms with Crippen LogP contribution in [-0.4, -0.2) is 67.5 Å². The number of carbonyl (C=O) groups is 4. The summed E-state index contributed by atoms with van der Waals surface area (Å²) < 4.78 is 0. The summed E-state index contributed by atoms with van der Waals surface area (Å²) in [5, 5.41) is 7.63. The van der Waals surface area contributed by atoms with E-state index in [1.165, 1.54) is 52.3 Å². The fourth-order valence-corrected chi connectivity index (χ4v) is 5.65. The molecule has 14 heteroatoms. The molecule has 0 aliphatic carbocycles. The molecular formula is C15H23N3O8S3. The Morgan fingerprint density at radius 2 is 1.28 bits per heavy atom. The van der Waals surface area contributed by atoms with E-state index in [9.17, 15) is 19.2 Å². The lowest BCUT2D eigenvalue weighted by Crippen LogP contribution is -2.46. The van der Waals surface area contributed by atoms with Crippen LogP contribution in [0, 0.1) is 5.92 Å². The third kappa shape index (κ3) is 22.0. The van der Waals surface area contributed by atoms with Gasteiger partial charge in [0.25, 0.3) is 0 Å². The highest BCUT2D eigenvalue weighted by Crippen LogP contribution is 2.36. The molecule has 0 saturated heterocycles. The molecule has 0 saturated carbocycles. The average Bonchev–Trinajstić information content (AvgIpc) is 2.65. The van der Waals surface area contributed by atoms with Crippen LogP contribution >= 0.6 is 31.4 Å². The van der Waals surface area contributed by atoms with Gasteiger partial charge in [0.15, 0.2) is 0 Å². The standard InChI is InChI=1S/C13H23N3O4S3.2CO2/c1-8(17)5-10(12(19)14-3)6-21-23-22-7-11(13(20)15-4)16-9(2)18;2*2-1-3/h10-11H,5-7H2,1-4H3,(H,14,19)(H,15,20)(H,16,18);;/t10-,11-;;/m0../s1. The van der Waals surface area contributed by atoms with E-state index in [0.717, 1.165) is 0 Å². The Morgan fingerprint density at radius 3 is 1.66 bits per heavy atom. The fourth-order valence-electron chi connectivity index (χ4n) is 1.62. The molecule has 29 heavy (non-hydrogen) atoms. The van der Waals surface area contributed by atoms with Gasteiger partial charge in [0.05, 0.1) is 5.92 Å². The van der Waals surface area contributed by atoms with E-state index in [4.69, 9.17) is 19.2 Å². The second-order valence-corrected chi connectivity index (χ2v) is 9.21. The smallest absolute Gasteiger partial charge is 0.359 e. The molecule has 0 radical (unpaired) electrons. The van der Waals surface area contributed by atoms with Crippen LogP contribution in [0.3, 0.4) is 0 Å². The Bertz CT molecular complexity index is 541. The van der Waals surface area contributed by atoms with E-state index in [1.54, 1.807) is 7.05 Å². The minimum absolute atomic E-state index is 0.0257. The van der Waals surface area contributed by atoms with Crippen LogP contribution in [0.5, 0.6) is 0 Å². The van der Waals surface area contributed by atoms with Gasteiger partial charge in [-0.05, 0) is 16.7 Å². The van der Waals surface area contributed by atoms with Crippen molar-refractivity contribution in [1.29, 1.82) is 0 Å². The second-order valence-electron chi connectivity index (χ2n) is 4.89. The lowest BCUT2D eigenvalue weighted by molar-refractivity contribution is -0.193. The number of hydrogen-bond donors (Lipinski definition) is 3. The highest BCUT2D eigenvalue weighted by Gasteiger charge is 2.21. The number of hydrogen-bond acceptors (Lipinski definition) is 11. The first-order chi connectivity index (χ1) is 13.6. The van der Waals surface area contributed by atoms with E-state index >= 15 is 0 Å². The zero-order valence-electron chi connectivity index (χ0n) is 16.3. The Kier molecular flexibility index (Phi) is 24.2. The van der Waals surface area contributed by atoms with Gasteiger partial charge in [-0.3, -0.25) is 14.4 Å². The number of carbonyl (C=O) groups excluding carboxylic acids is 8. The molecule has 3 amide bonds. The number of nitrogens with one attached hydrogen (secondary N) is 3. The average molecular weight is 470 g/mol. The van der Waals surface area contributed by atoms with Crippen molar-refractivity contribution in [1.82, 2.24) is 16.0 Å². The minimum atomic E-state index is -0.595. The molecule has 0 heterocycles. The maximum atomic E-state index is 11.7. The fraction of sp³-hybridized carbons (Fsp3) is 0.600. The first-order valence-electron chi connectivity index (χ1n) is 7.74. The van der Waals surface area contributed by atoms with Crippen LogP contribution in [0.4, 0.5) is 0 Å². The van der Waals surface area contributed by atoms with Crippen LogP contribution in [0.25, 0.3) is 0 Å². The summed E-state index contributed by atoms with van der Waals surface area (Å²) in [6.07, 6.45) is 0.713. The first kappa shape index (κ1) is 31.6. The van der Waals surface area contributed by atoms with Crippen LogP contribution in [0.1, 0.15) is 20.3 Å². The summed E-state index contributed by atoms with van der Waals surface area (Å²) in [5.74, 6) is -0.144. The molecular weight excluding hydrogens is 446 g/mol. The first-order valence-corrected chi connectivity index (χ1v) is 11.6. The molecule has 0 aromatic rings. The summed E-state index contributed by atoms with van der Waals surface area (Å²) >= 11 is 0. The molecule has 0 aromatic heterocycles. The van der Waals surface area contributed by atoms with Crippen molar-refractivity contribution in [2.75, 3.05) is 25.6 Å². The second kappa shape index (κ2) is 22.2. The summed E-state index contributed by atoms with van der Waals surface area (Å²) in [5.41, 5.74) is 0. The van der Waals surface area contributed by atoms with Gasteiger partial charge in [0.2, 0.25) is 17.7 Å². The number of amides is 3. The van der Waals surface area contributed by atoms with Crippen LogP contribution in [-0.2, 0) is 38.4 Å². The van der Waals surface area contributed by atoms with Gasteiger partial charge in [-0.2, -0.15) is 19.2 Å². The zero-order chi connectivity index (χ0) is 23.2. The van der Waals surface area contributed by atoms with Crippen molar-refractivity contribution in [3.8, 4) is 0 Å². The molecule has 3 N–H and O–H groups in total. The van der Waals surface area contributed by atoms with Crippen LogP contribution in [0.15, 0.2) is 0 Å². The number of Topliss-reactive ketones (excluding diaryl/α,β-unsaturated/α-hetero) is 1. The molecule has 0 unspecified atom stereocenters. The van der Waals surface area contributed by atoms with Crippen molar-refractivity contribution in [2.24, 2.45) is 5.92 Å². The van der Waals surface area contributed by atoms with Gasteiger partial charge in [0.1, 0.15) is 11.8 Å². The SMILES string of the molecule is CNC(=O)[C@H](CSSSC[C@H](NC(C)=O)C(=O)NC)CC(C)=O.O=C=O.O=C=O. The van der Waals surface area contributed by atoms with Crippen LogP contribution in [0.2, 0.25) is 0 Å². The summed E-state index contributed by atoms with van der Waals surface area (Å²) in [6.45, 7) is 2.82. The molecule has 0 rings (SSSR count). The molecule has 164 valence electrons. The number of likely N-dealkylation sites (N-methyl/N-ethyl adjacent to an activating group) is 1. The molecule has 0 aliphatic heterocycles. The van der Waals surface area contributed by atoms with E-state index in [0.29, 0.717) is 11.5 Å². The minimum Gasteiger partial charge on any atom is -0.359 e. The quantitative estimate of drug-likeness (QED) is 0.261. The van der Waals surface area contributed by atoms with Gasteiger partial charge in [-0.1, -0.05) is 21.6 Å². The molecule has 0 aliphatic rings. The Labute approximate surface area is 179 Å². The summed E-state index contributed by atoms with van der Waals surface area (Å²) in [6, 6.07) is -0.595. The van der Waals surface area contributed by atoms with E-state index in [-0.39, 0.29) is 48.1 Å². The Balaban J connectivity index is -0.000000993. The lowest BCUT2D eigenvalue weighted by Gasteiger charge is -2.16. The van der Waals surface area contributed by atoms with Crippen molar-refractivity contribution < 1.29 is 38.4 Å². The van der Waals surface area contributed by atoms with Gasteiger partial charge >= 0.3 is 12.3 Å². The molecule has 0 fully saturated rings. The normalized spacial score (nSPS) is 10.8. The lowest BCUT2D eigenvalue weighted by atomic mass is 10.0. The third-order valence-corrected chi connectivity index (χ3v) is 7.02. The van der Waals surface area contributed by atoms with Crippen molar-refractivity contribution in [2.45, 2.75) is 26.3 Å². The molecule has 0 bridgehead atoms. The molecule has 0 aromatic carbocycles. The van der Waals surface area contributed by atoms with Crippen molar-refractivity contribution in [3.05, 3.63) is 0 Å². The predicted octanol–water partition coefficient (Wildman–Crippen LogP) is -0.559. The van der Waals surface area contributed by atoms with E-state index < -0.39 is 6.04 Å². The molecule has 2 atom stereocenters. The topological polar surface area (TPSA) is 173 Å². The summed E-state index contributed by atoms with van der Waals surface area (Å²) in [4.78, 5) is 78.1. The Morgan fingerprint density at radius 1 is 0.828 bits per heavy atom. The largest absolute Gasteiger partial charge is 0.373 e. The third-order valence-electron chi connectivity index (χ3n) is 2.69. The number of ketones is 1. The van der Waals surface area contributed by atoms with Gasteiger partial charge in [-0.25, -0.2) is 0 Å². The predicted molar refractivity (Wildman–Crippen MR) is 107 cm³/mol. The zero-order valence-corrected chi connectivity index (χ0v) is 18.7. The highest BCUT2D eigenvalue weighted by atomic mass is 33.5. The summed E-state index contributed by atoms with van der Waals surface area (Å²) in [7, 11) is 7.35. The molecule has 11 nitrogen and oxygen atoms in total. The van der Waals surface area contributed by atoms with Gasteiger partial charge < -0.3 is 20.7 Å². The van der Waals surface area contributed by atoms with E-state index in [1.807, 2.05) is 0 Å². The molecule has 0 spiro atoms. The highest BCUT2D eigenvalue weighted by molar-refractivity contribution is 9.09. The number of rotatable bonds is 11.